The zero-order valence-corrected chi connectivity index (χ0v) is 11.2. The molecule has 18 heavy (non-hydrogen) atoms. The first-order chi connectivity index (χ1) is 8.41. The average molecular weight is 283 g/mol. The molecule has 94 valence electrons. The van der Waals surface area contributed by atoms with Crippen molar-refractivity contribution in [1.82, 2.24) is 0 Å². The highest BCUT2D eigenvalue weighted by atomic mass is 35.5. The molecule has 2 rings (SSSR count). The van der Waals surface area contributed by atoms with Gasteiger partial charge in [0.05, 0.1) is 4.90 Å². The number of benzene rings is 2. The summed E-state index contributed by atoms with van der Waals surface area (Å²) in [7, 11) is -3.74. The molecule has 0 unspecified atom stereocenters. The standard InChI is InChI=1S/C13H11ClO3S/c1-9-2-5-11(6-3-9)18(16,17)13-8-10(14)4-7-12(13)15/h2-8,15H,1H3. The van der Waals surface area contributed by atoms with E-state index >= 15 is 0 Å². The predicted octanol–water partition coefficient (Wildman–Crippen LogP) is 3.19. The van der Waals surface area contributed by atoms with Gasteiger partial charge in [-0.25, -0.2) is 8.42 Å². The van der Waals surface area contributed by atoms with Crippen molar-refractivity contribution in [3.63, 3.8) is 0 Å². The molecule has 2 aromatic carbocycles. The molecule has 0 atom stereocenters. The fourth-order valence-electron chi connectivity index (χ4n) is 1.55. The van der Waals surface area contributed by atoms with Crippen molar-refractivity contribution >= 4 is 21.4 Å². The van der Waals surface area contributed by atoms with E-state index in [-0.39, 0.29) is 20.6 Å². The lowest BCUT2D eigenvalue weighted by molar-refractivity contribution is 0.459. The minimum atomic E-state index is -3.74. The number of aromatic hydroxyl groups is 1. The molecule has 0 fully saturated rings. The summed E-state index contributed by atoms with van der Waals surface area (Å²) < 4.78 is 24.6. The summed E-state index contributed by atoms with van der Waals surface area (Å²) in [5.74, 6) is -0.306. The normalized spacial score (nSPS) is 11.4. The summed E-state index contributed by atoms with van der Waals surface area (Å²) in [5, 5.41) is 9.91. The van der Waals surface area contributed by atoms with E-state index in [1.165, 1.54) is 30.3 Å². The van der Waals surface area contributed by atoms with Crippen LogP contribution in [0.2, 0.25) is 5.02 Å². The van der Waals surface area contributed by atoms with Gasteiger partial charge in [0.15, 0.2) is 0 Å². The third-order valence-corrected chi connectivity index (χ3v) is 4.58. The summed E-state index contributed by atoms with van der Waals surface area (Å²) >= 11 is 5.76. The zero-order valence-electron chi connectivity index (χ0n) is 9.59. The molecule has 0 aliphatic carbocycles. The van der Waals surface area contributed by atoms with E-state index in [9.17, 15) is 13.5 Å². The van der Waals surface area contributed by atoms with Crippen LogP contribution in [0.3, 0.4) is 0 Å². The van der Waals surface area contributed by atoms with E-state index in [1.54, 1.807) is 12.1 Å². The summed E-state index contributed by atoms with van der Waals surface area (Å²) in [6.07, 6.45) is 0. The Balaban J connectivity index is 2.61. The lowest BCUT2D eigenvalue weighted by atomic mass is 10.2. The van der Waals surface area contributed by atoms with Gasteiger partial charge in [-0.2, -0.15) is 0 Å². The minimum Gasteiger partial charge on any atom is -0.507 e. The van der Waals surface area contributed by atoms with Crippen LogP contribution in [-0.4, -0.2) is 13.5 Å². The van der Waals surface area contributed by atoms with Crippen molar-refractivity contribution in [3.8, 4) is 5.75 Å². The van der Waals surface area contributed by atoms with Crippen LogP contribution in [0.15, 0.2) is 52.3 Å². The molecule has 0 aliphatic rings. The summed E-state index contributed by atoms with van der Waals surface area (Å²) in [6, 6.07) is 10.4. The molecule has 0 aliphatic heterocycles. The van der Waals surface area contributed by atoms with Crippen molar-refractivity contribution in [1.29, 1.82) is 0 Å². The zero-order chi connectivity index (χ0) is 13.3. The Labute approximate surface area is 111 Å². The smallest absolute Gasteiger partial charge is 0.210 e. The number of aryl methyl sites for hydroxylation is 1. The van der Waals surface area contributed by atoms with E-state index in [4.69, 9.17) is 11.6 Å². The number of rotatable bonds is 2. The van der Waals surface area contributed by atoms with Crippen LogP contribution in [0.1, 0.15) is 5.56 Å². The second-order valence-corrected chi connectivity index (χ2v) is 6.28. The summed E-state index contributed by atoms with van der Waals surface area (Å²) in [6.45, 7) is 1.87. The molecule has 5 heteroatoms. The van der Waals surface area contributed by atoms with E-state index in [2.05, 4.69) is 0 Å². The maximum atomic E-state index is 12.3. The number of phenolic OH excluding ortho intramolecular Hbond substituents is 1. The molecule has 0 heterocycles. The van der Waals surface area contributed by atoms with E-state index in [1.807, 2.05) is 6.92 Å². The first kappa shape index (κ1) is 12.9. The van der Waals surface area contributed by atoms with E-state index < -0.39 is 9.84 Å². The fraction of sp³-hybridized carbons (Fsp3) is 0.0769. The van der Waals surface area contributed by atoms with Crippen LogP contribution < -0.4 is 0 Å². The van der Waals surface area contributed by atoms with Crippen LogP contribution in [0.25, 0.3) is 0 Å². The van der Waals surface area contributed by atoms with Gasteiger partial charge in [-0.05, 0) is 37.3 Å². The van der Waals surface area contributed by atoms with Gasteiger partial charge in [-0.1, -0.05) is 29.3 Å². The number of hydrogen-bond donors (Lipinski definition) is 1. The Bertz CT molecular complexity index is 676. The van der Waals surface area contributed by atoms with Gasteiger partial charge in [0.25, 0.3) is 0 Å². The molecular weight excluding hydrogens is 272 g/mol. The highest BCUT2D eigenvalue weighted by Crippen LogP contribution is 2.30. The first-order valence-corrected chi connectivity index (χ1v) is 7.07. The monoisotopic (exact) mass is 282 g/mol. The Kier molecular flexibility index (Phi) is 3.32. The number of phenols is 1. The fourth-order valence-corrected chi connectivity index (χ4v) is 3.16. The third-order valence-electron chi connectivity index (χ3n) is 2.54. The Hall–Kier alpha value is -1.52. The van der Waals surface area contributed by atoms with Crippen molar-refractivity contribution in [2.75, 3.05) is 0 Å². The highest BCUT2D eigenvalue weighted by Gasteiger charge is 2.21. The molecule has 0 radical (unpaired) electrons. The summed E-state index contributed by atoms with van der Waals surface area (Å²) in [5.41, 5.74) is 0.962. The number of hydrogen-bond acceptors (Lipinski definition) is 3. The number of sulfone groups is 1. The van der Waals surface area contributed by atoms with Gasteiger partial charge < -0.3 is 5.11 Å². The minimum absolute atomic E-state index is 0.130. The first-order valence-electron chi connectivity index (χ1n) is 5.21. The SMILES string of the molecule is Cc1ccc(S(=O)(=O)c2cc(Cl)ccc2O)cc1. The second kappa shape index (κ2) is 4.63. The lowest BCUT2D eigenvalue weighted by Crippen LogP contribution is -2.02. The molecule has 0 amide bonds. The van der Waals surface area contributed by atoms with Gasteiger partial charge in [-0.15, -0.1) is 0 Å². The van der Waals surface area contributed by atoms with Gasteiger partial charge in [0, 0.05) is 5.02 Å². The molecule has 0 saturated carbocycles. The van der Waals surface area contributed by atoms with Crippen molar-refractivity contribution in [2.24, 2.45) is 0 Å². The maximum absolute atomic E-state index is 12.3. The van der Waals surface area contributed by atoms with Gasteiger partial charge >= 0.3 is 0 Å². The van der Waals surface area contributed by atoms with Crippen molar-refractivity contribution in [3.05, 3.63) is 53.1 Å². The topological polar surface area (TPSA) is 54.4 Å². The van der Waals surface area contributed by atoms with Crippen LogP contribution in [0.5, 0.6) is 5.75 Å². The van der Waals surface area contributed by atoms with Gasteiger partial charge in [0.1, 0.15) is 10.6 Å². The van der Waals surface area contributed by atoms with Crippen LogP contribution in [-0.2, 0) is 9.84 Å². The van der Waals surface area contributed by atoms with Crippen LogP contribution in [0.4, 0.5) is 0 Å². The Morgan fingerprint density at radius 3 is 2.28 bits per heavy atom. The maximum Gasteiger partial charge on any atom is 0.210 e. The van der Waals surface area contributed by atoms with Crippen LogP contribution in [0, 0.1) is 6.92 Å². The Morgan fingerprint density at radius 1 is 1.06 bits per heavy atom. The van der Waals surface area contributed by atoms with E-state index in [0.717, 1.165) is 5.56 Å². The van der Waals surface area contributed by atoms with Crippen molar-refractivity contribution in [2.45, 2.75) is 16.7 Å². The molecule has 0 bridgehead atoms. The second-order valence-electron chi connectivity index (χ2n) is 3.93. The van der Waals surface area contributed by atoms with Crippen LogP contribution >= 0.6 is 11.6 Å². The number of halogens is 1. The molecule has 3 nitrogen and oxygen atoms in total. The molecule has 0 saturated heterocycles. The molecule has 2 aromatic rings. The average Bonchev–Trinajstić information content (AvgIpc) is 2.32. The van der Waals surface area contributed by atoms with Gasteiger partial charge in [0.2, 0.25) is 9.84 Å². The molecular formula is C13H11ClO3S. The van der Waals surface area contributed by atoms with Gasteiger partial charge in [-0.3, -0.25) is 0 Å². The molecule has 0 aromatic heterocycles. The Morgan fingerprint density at radius 2 is 1.67 bits per heavy atom. The van der Waals surface area contributed by atoms with Crippen molar-refractivity contribution < 1.29 is 13.5 Å². The largest absolute Gasteiger partial charge is 0.507 e. The quantitative estimate of drug-likeness (QED) is 0.920. The lowest BCUT2D eigenvalue weighted by Gasteiger charge is -2.07. The predicted molar refractivity (Wildman–Crippen MR) is 69.7 cm³/mol. The van der Waals surface area contributed by atoms with E-state index in [0.29, 0.717) is 0 Å². The summed E-state index contributed by atoms with van der Waals surface area (Å²) in [4.78, 5) is -0.0514. The molecule has 0 spiro atoms. The highest BCUT2D eigenvalue weighted by molar-refractivity contribution is 7.91. The third kappa shape index (κ3) is 2.35. The molecule has 1 N–H and O–H groups in total.